The molecule has 13 heteroatoms. The Hall–Kier alpha value is -4.81. The van der Waals surface area contributed by atoms with Gasteiger partial charge in [0, 0.05) is 18.2 Å². The van der Waals surface area contributed by atoms with Crippen LogP contribution >= 0.6 is 0 Å². The number of amidine groups is 1. The number of nitrogens with two attached hydrogens (primary N) is 1. The highest BCUT2D eigenvalue weighted by Crippen LogP contribution is 2.05. The Bertz CT molecular complexity index is 1140. The number of carbonyl (C=O) groups excluding carboxylic acids is 3. The first kappa shape index (κ1) is 27.4. The predicted octanol–water partition coefficient (Wildman–Crippen LogP) is -0.744. The van der Waals surface area contributed by atoms with Crippen LogP contribution in [0.2, 0.25) is 0 Å². The first-order valence-corrected chi connectivity index (χ1v) is 10.7. The zero-order valence-corrected chi connectivity index (χ0v) is 19.2. The van der Waals surface area contributed by atoms with Crippen LogP contribution in [0.15, 0.2) is 48.7 Å². The fourth-order valence-corrected chi connectivity index (χ4v) is 3.03. The summed E-state index contributed by atoms with van der Waals surface area (Å²) in [4.78, 5) is 64.4. The van der Waals surface area contributed by atoms with Crippen LogP contribution in [0.25, 0.3) is 0 Å². The monoisotopic (exact) mass is 498 g/mol. The van der Waals surface area contributed by atoms with Crippen LogP contribution < -0.4 is 21.7 Å². The number of rotatable bonds is 12. The summed E-state index contributed by atoms with van der Waals surface area (Å²) in [6.07, 6.45) is 0.338. The standard InChI is InChI=1S/C23H26N6O7/c1-12(27-21(33)15-8-7-14(11-26-15)19(24)25)20(32)28-16(10-18(30)31)22(34)29-17(23(35)36)9-13-5-3-2-4-6-13/h2-8,11-12,16-17H,9-10H2,1H3,(H3,24,25)(H,27,33)(H,28,32)(H,29,34)(H,30,31)(H,35,36)/t12-,16-,17-/m0/s1. The van der Waals surface area contributed by atoms with E-state index in [1.165, 1.54) is 25.3 Å². The minimum absolute atomic E-state index is 0.0580. The van der Waals surface area contributed by atoms with E-state index < -0.39 is 54.2 Å². The van der Waals surface area contributed by atoms with Gasteiger partial charge in [-0.2, -0.15) is 0 Å². The van der Waals surface area contributed by atoms with Crippen molar-refractivity contribution >= 4 is 35.5 Å². The van der Waals surface area contributed by atoms with Crippen molar-refractivity contribution in [2.75, 3.05) is 0 Å². The van der Waals surface area contributed by atoms with E-state index in [-0.39, 0.29) is 18.0 Å². The highest BCUT2D eigenvalue weighted by molar-refractivity contribution is 5.99. The van der Waals surface area contributed by atoms with Crippen molar-refractivity contribution in [1.82, 2.24) is 20.9 Å². The molecular weight excluding hydrogens is 472 g/mol. The Morgan fingerprint density at radius 2 is 1.58 bits per heavy atom. The van der Waals surface area contributed by atoms with E-state index in [1.807, 2.05) is 0 Å². The number of aliphatic carboxylic acids is 2. The molecule has 13 nitrogen and oxygen atoms in total. The van der Waals surface area contributed by atoms with E-state index >= 15 is 0 Å². The molecule has 1 aromatic carbocycles. The van der Waals surface area contributed by atoms with E-state index in [0.29, 0.717) is 11.1 Å². The number of benzene rings is 1. The van der Waals surface area contributed by atoms with Crippen LogP contribution in [0.4, 0.5) is 0 Å². The summed E-state index contributed by atoms with van der Waals surface area (Å²) in [7, 11) is 0. The summed E-state index contributed by atoms with van der Waals surface area (Å²) in [6, 6.07) is 7.03. The van der Waals surface area contributed by atoms with Gasteiger partial charge < -0.3 is 31.9 Å². The van der Waals surface area contributed by atoms with Crippen molar-refractivity contribution in [3.05, 3.63) is 65.5 Å². The Morgan fingerprint density at radius 3 is 2.11 bits per heavy atom. The molecule has 0 saturated carbocycles. The van der Waals surface area contributed by atoms with Crippen LogP contribution in [-0.2, 0) is 25.6 Å². The lowest BCUT2D eigenvalue weighted by molar-refractivity contribution is -0.143. The lowest BCUT2D eigenvalue weighted by atomic mass is 10.0. The van der Waals surface area contributed by atoms with Crippen LogP contribution in [0.3, 0.4) is 0 Å². The SMILES string of the molecule is C[C@H](NC(=O)c1ccc(C(=N)N)cn1)C(=O)N[C@@H](CC(=O)O)C(=O)N[C@@H](Cc1ccccc1)C(=O)O. The molecule has 3 amide bonds. The third-order valence-corrected chi connectivity index (χ3v) is 4.96. The zero-order chi connectivity index (χ0) is 26.8. The molecule has 0 unspecified atom stereocenters. The highest BCUT2D eigenvalue weighted by Gasteiger charge is 2.30. The maximum Gasteiger partial charge on any atom is 0.326 e. The van der Waals surface area contributed by atoms with E-state index in [9.17, 15) is 29.1 Å². The second-order valence-corrected chi connectivity index (χ2v) is 7.79. The first-order chi connectivity index (χ1) is 17.0. The predicted molar refractivity (Wildman–Crippen MR) is 126 cm³/mol. The number of pyridine rings is 1. The number of hydrogen-bond acceptors (Lipinski definition) is 7. The van der Waals surface area contributed by atoms with Gasteiger partial charge in [0.05, 0.1) is 6.42 Å². The second kappa shape index (κ2) is 12.6. The Labute approximate surface area is 205 Å². The molecule has 0 fully saturated rings. The largest absolute Gasteiger partial charge is 0.481 e. The fraction of sp³-hybridized carbons (Fsp3) is 0.261. The van der Waals surface area contributed by atoms with Crippen molar-refractivity contribution in [1.29, 1.82) is 5.41 Å². The van der Waals surface area contributed by atoms with Gasteiger partial charge in [-0.15, -0.1) is 0 Å². The number of nitrogens with zero attached hydrogens (tertiary/aromatic N) is 1. The number of hydrogen-bond donors (Lipinski definition) is 7. The molecule has 1 aromatic heterocycles. The topological polar surface area (TPSA) is 225 Å². The van der Waals surface area contributed by atoms with Crippen molar-refractivity contribution in [3.63, 3.8) is 0 Å². The van der Waals surface area contributed by atoms with Crippen molar-refractivity contribution in [2.24, 2.45) is 5.73 Å². The molecule has 0 aliphatic heterocycles. The van der Waals surface area contributed by atoms with Crippen LogP contribution in [0.5, 0.6) is 0 Å². The number of nitrogen functional groups attached to an aromatic ring is 1. The Morgan fingerprint density at radius 1 is 0.944 bits per heavy atom. The van der Waals surface area contributed by atoms with Gasteiger partial charge in [-0.1, -0.05) is 30.3 Å². The summed E-state index contributed by atoms with van der Waals surface area (Å²) in [5, 5.41) is 32.8. The molecule has 36 heavy (non-hydrogen) atoms. The number of carbonyl (C=O) groups is 5. The quantitative estimate of drug-likeness (QED) is 0.144. The minimum atomic E-state index is -1.60. The van der Waals surface area contributed by atoms with Gasteiger partial charge in [-0.25, -0.2) is 4.79 Å². The molecule has 0 spiro atoms. The molecule has 2 aromatic rings. The molecule has 0 radical (unpaired) electrons. The average molecular weight is 498 g/mol. The summed E-state index contributed by atoms with van der Waals surface area (Å²) in [6.45, 7) is 1.31. The smallest absolute Gasteiger partial charge is 0.326 e. The molecule has 0 bridgehead atoms. The van der Waals surface area contributed by atoms with Crippen LogP contribution in [0.1, 0.15) is 35.0 Å². The highest BCUT2D eigenvalue weighted by atomic mass is 16.4. The molecule has 8 N–H and O–H groups in total. The fourth-order valence-electron chi connectivity index (χ4n) is 3.03. The zero-order valence-electron chi connectivity index (χ0n) is 19.2. The lowest BCUT2D eigenvalue weighted by Crippen LogP contribution is -2.56. The number of aromatic nitrogens is 1. The van der Waals surface area contributed by atoms with Crippen LogP contribution in [-0.4, -0.2) is 68.8 Å². The van der Waals surface area contributed by atoms with Gasteiger partial charge in [-0.05, 0) is 24.6 Å². The number of nitrogens with one attached hydrogen (secondary N) is 4. The molecule has 3 atom stereocenters. The van der Waals surface area contributed by atoms with Gasteiger partial charge in [0.15, 0.2) is 0 Å². The second-order valence-electron chi connectivity index (χ2n) is 7.79. The molecule has 2 rings (SSSR count). The Balaban J connectivity index is 2.05. The van der Waals surface area contributed by atoms with Gasteiger partial charge in [-0.3, -0.25) is 29.6 Å². The van der Waals surface area contributed by atoms with E-state index in [0.717, 1.165) is 0 Å². The van der Waals surface area contributed by atoms with Gasteiger partial charge in [0.25, 0.3) is 5.91 Å². The third-order valence-electron chi connectivity index (χ3n) is 4.96. The summed E-state index contributed by atoms with van der Waals surface area (Å²) >= 11 is 0. The number of amides is 3. The molecule has 1 heterocycles. The van der Waals surface area contributed by atoms with Gasteiger partial charge in [0.2, 0.25) is 11.8 Å². The maximum atomic E-state index is 12.7. The van der Waals surface area contributed by atoms with Crippen molar-refractivity contribution in [3.8, 4) is 0 Å². The summed E-state index contributed by atoms with van der Waals surface area (Å²) in [5.41, 5.74) is 6.20. The summed E-state index contributed by atoms with van der Waals surface area (Å²) < 4.78 is 0. The van der Waals surface area contributed by atoms with Gasteiger partial charge in [0.1, 0.15) is 29.7 Å². The maximum absolute atomic E-state index is 12.7. The van der Waals surface area contributed by atoms with E-state index in [1.54, 1.807) is 30.3 Å². The molecule has 190 valence electrons. The molecule has 0 aliphatic carbocycles. The minimum Gasteiger partial charge on any atom is -0.481 e. The number of carboxylic acids is 2. The molecular formula is C23H26N6O7. The first-order valence-electron chi connectivity index (χ1n) is 10.7. The molecule has 0 aliphatic rings. The molecule has 0 saturated heterocycles. The normalized spacial score (nSPS) is 12.9. The Kier molecular flexibility index (Phi) is 9.60. The van der Waals surface area contributed by atoms with Crippen molar-refractivity contribution in [2.45, 2.75) is 37.9 Å². The lowest BCUT2D eigenvalue weighted by Gasteiger charge is -2.22. The van der Waals surface area contributed by atoms with E-state index in [2.05, 4.69) is 20.9 Å². The average Bonchev–Trinajstić information content (AvgIpc) is 2.83. The van der Waals surface area contributed by atoms with Gasteiger partial charge >= 0.3 is 11.9 Å². The van der Waals surface area contributed by atoms with Crippen LogP contribution in [0, 0.1) is 5.41 Å². The van der Waals surface area contributed by atoms with Crippen molar-refractivity contribution < 1.29 is 34.2 Å². The number of carboxylic acid groups (broad SMARTS) is 2. The van der Waals surface area contributed by atoms with E-state index in [4.69, 9.17) is 16.2 Å². The summed E-state index contributed by atoms with van der Waals surface area (Å²) in [5.74, 6) is -5.60. The third kappa shape index (κ3) is 8.20.